The average Bonchev–Trinajstić information content (AvgIpc) is 3.56. The van der Waals surface area contributed by atoms with Crippen molar-refractivity contribution in [2.24, 2.45) is 0 Å². The summed E-state index contributed by atoms with van der Waals surface area (Å²) >= 11 is 0. The van der Waals surface area contributed by atoms with Crippen LogP contribution in [0.1, 0.15) is 30.0 Å². The summed E-state index contributed by atoms with van der Waals surface area (Å²) in [5, 5.41) is 31.8. The third-order valence-electron chi connectivity index (χ3n) is 6.96. The highest BCUT2D eigenvalue weighted by Gasteiger charge is 2.29. The van der Waals surface area contributed by atoms with Crippen LogP contribution in [0.3, 0.4) is 0 Å². The molecule has 36 heavy (non-hydrogen) atoms. The molecule has 4 aromatic rings. The number of furan rings is 1. The summed E-state index contributed by atoms with van der Waals surface area (Å²) in [6.07, 6.45) is 1.84. The van der Waals surface area contributed by atoms with Crippen LogP contribution in [0.25, 0.3) is 33.6 Å². The summed E-state index contributed by atoms with van der Waals surface area (Å²) in [7, 11) is 0. The summed E-state index contributed by atoms with van der Waals surface area (Å²) < 4.78 is 26.7. The van der Waals surface area contributed by atoms with Crippen molar-refractivity contribution in [1.29, 1.82) is 5.26 Å². The van der Waals surface area contributed by atoms with Crippen molar-refractivity contribution < 1.29 is 18.7 Å². The molecule has 2 fully saturated rings. The summed E-state index contributed by atoms with van der Waals surface area (Å²) in [5.41, 5.74) is 2.32. The number of anilines is 1. The maximum absolute atomic E-state index is 14.9. The standard InChI is InChI=1S/C26H25FN6O3/c27-19-13-16(34)1-2-17(19)25-18(14-28)22(20-3-4-21(36-20)33-9-11-35-12-10-33)23-24(31-32-26(23)30-25)15-5-7-29-8-6-15/h1-4,13,15,29,34H,5-12H2,(H,30,31,32). The van der Waals surface area contributed by atoms with Crippen LogP contribution in [-0.2, 0) is 4.74 Å². The zero-order valence-corrected chi connectivity index (χ0v) is 19.6. The summed E-state index contributed by atoms with van der Waals surface area (Å²) in [5.74, 6) is 0.522. The third-order valence-corrected chi connectivity index (χ3v) is 6.96. The van der Waals surface area contributed by atoms with Gasteiger partial charge in [0.05, 0.1) is 35.4 Å². The van der Waals surface area contributed by atoms with Gasteiger partial charge in [-0.25, -0.2) is 9.37 Å². The van der Waals surface area contributed by atoms with Gasteiger partial charge in [0.25, 0.3) is 0 Å². The van der Waals surface area contributed by atoms with Crippen LogP contribution in [-0.4, -0.2) is 59.7 Å². The Labute approximate surface area is 206 Å². The van der Waals surface area contributed by atoms with Crippen molar-refractivity contribution in [2.75, 3.05) is 44.3 Å². The van der Waals surface area contributed by atoms with Crippen molar-refractivity contribution >= 4 is 16.9 Å². The van der Waals surface area contributed by atoms with Gasteiger partial charge >= 0.3 is 0 Å². The molecule has 0 amide bonds. The van der Waals surface area contributed by atoms with Crippen LogP contribution in [0.2, 0.25) is 0 Å². The molecule has 2 aliphatic heterocycles. The van der Waals surface area contributed by atoms with Crippen molar-refractivity contribution in [1.82, 2.24) is 20.5 Å². The molecule has 0 unspecified atom stereocenters. The number of hydrogen-bond donors (Lipinski definition) is 3. The first-order valence-corrected chi connectivity index (χ1v) is 12.1. The number of halogens is 1. The SMILES string of the molecule is N#Cc1c(-c2ccc(O)cc2F)nc2n[nH]c(C3CCNCC3)c2c1-c1ccc(N2CCOCC2)o1. The lowest BCUT2D eigenvalue weighted by Gasteiger charge is -2.26. The fourth-order valence-corrected chi connectivity index (χ4v) is 5.15. The highest BCUT2D eigenvalue weighted by molar-refractivity contribution is 6.00. The molecule has 2 saturated heterocycles. The van der Waals surface area contributed by atoms with E-state index in [1.807, 2.05) is 12.1 Å². The number of benzene rings is 1. The maximum atomic E-state index is 14.9. The van der Waals surface area contributed by atoms with Gasteiger partial charge in [-0.2, -0.15) is 10.4 Å². The van der Waals surface area contributed by atoms with Gasteiger partial charge in [0.15, 0.2) is 11.5 Å². The molecule has 5 heterocycles. The van der Waals surface area contributed by atoms with E-state index in [0.29, 0.717) is 49.2 Å². The smallest absolute Gasteiger partial charge is 0.196 e. The number of aromatic amines is 1. The number of nitrogens with zero attached hydrogens (tertiary/aromatic N) is 4. The molecule has 0 radical (unpaired) electrons. The van der Waals surface area contributed by atoms with Crippen LogP contribution in [0.15, 0.2) is 34.7 Å². The van der Waals surface area contributed by atoms with Gasteiger partial charge in [0.1, 0.15) is 23.4 Å². The minimum absolute atomic E-state index is 0.110. The minimum Gasteiger partial charge on any atom is -0.508 e. The number of ether oxygens (including phenoxy) is 1. The topological polar surface area (TPSA) is 123 Å². The third kappa shape index (κ3) is 3.86. The number of phenolic OH excluding ortho intramolecular Hbond substituents is 1. The predicted molar refractivity (Wildman–Crippen MR) is 131 cm³/mol. The summed E-state index contributed by atoms with van der Waals surface area (Å²) in [6, 6.07) is 9.80. The van der Waals surface area contributed by atoms with Crippen LogP contribution in [0.5, 0.6) is 5.75 Å². The lowest BCUT2D eigenvalue weighted by molar-refractivity contribution is 0.121. The quantitative estimate of drug-likeness (QED) is 0.395. The molecule has 3 aromatic heterocycles. The van der Waals surface area contributed by atoms with Gasteiger partial charge in [-0.15, -0.1) is 0 Å². The molecule has 184 valence electrons. The Morgan fingerprint density at radius 2 is 1.94 bits per heavy atom. The highest BCUT2D eigenvalue weighted by Crippen LogP contribution is 2.42. The van der Waals surface area contributed by atoms with E-state index < -0.39 is 5.82 Å². The van der Waals surface area contributed by atoms with Gasteiger partial charge in [-0.3, -0.25) is 5.10 Å². The first-order chi connectivity index (χ1) is 17.6. The van der Waals surface area contributed by atoms with Crippen molar-refractivity contribution in [3.05, 3.63) is 47.4 Å². The van der Waals surface area contributed by atoms with E-state index in [-0.39, 0.29) is 28.5 Å². The van der Waals surface area contributed by atoms with Crippen LogP contribution >= 0.6 is 0 Å². The molecule has 0 atom stereocenters. The zero-order chi connectivity index (χ0) is 24.6. The zero-order valence-electron chi connectivity index (χ0n) is 19.6. The number of morpholine rings is 1. The van der Waals surface area contributed by atoms with Crippen LogP contribution in [0, 0.1) is 17.1 Å². The second kappa shape index (κ2) is 9.26. The molecule has 3 N–H and O–H groups in total. The lowest BCUT2D eigenvalue weighted by Crippen LogP contribution is -2.35. The number of nitrogens with one attached hydrogen (secondary N) is 2. The average molecular weight is 489 g/mol. The van der Waals surface area contributed by atoms with Crippen molar-refractivity contribution in [3.63, 3.8) is 0 Å². The molecule has 0 spiro atoms. The van der Waals surface area contributed by atoms with Gasteiger partial charge in [0, 0.05) is 42.4 Å². The van der Waals surface area contributed by atoms with E-state index in [9.17, 15) is 14.8 Å². The van der Waals surface area contributed by atoms with Crippen LogP contribution in [0.4, 0.5) is 10.3 Å². The number of pyridine rings is 1. The van der Waals surface area contributed by atoms with E-state index in [1.165, 1.54) is 12.1 Å². The molecular formula is C26H25FN6O3. The molecule has 6 rings (SSSR count). The minimum atomic E-state index is -0.674. The number of aromatic hydroxyl groups is 1. The summed E-state index contributed by atoms with van der Waals surface area (Å²) in [6.45, 7) is 4.42. The molecule has 9 nitrogen and oxygen atoms in total. The Bertz CT molecular complexity index is 1460. The number of piperidine rings is 1. The molecule has 1 aromatic carbocycles. The number of fused-ring (bicyclic) bond motifs is 1. The second-order valence-electron chi connectivity index (χ2n) is 9.08. The van der Waals surface area contributed by atoms with Gasteiger partial charge in [-0.05, 0) is 44.1 Å². The number of nitriles is 1. The normalized spacial score (nSPS) is 16.9. The van der Waals surface area contributed by atoms with E-state index in [0.717, 1.165) is 43.1 Å². The van der Waals surface area contributed by atoms with Gasteiger partial charge in [-0.1, -0.05) is 0 Å². The fourth-order valence-electron chi connectivity index (χ4n) is 5.15. The number of aromatic nitrogens is 3. The summed E-state index contributed by atoms with van der Waals surface area (Å²) in [4.78, 5) is 6.73. The maximum Gasteiger partial charge on any atom is 0.196 e. The Hall–Kier alpha value is -3.94. The number of hydrogen-bond acceptors (Lipinski definition) is 8. The first kappa shape index (κ1) is 22.5. The van der Waals surface area contributed by atoms with Crippen molar-refractivity contribution in [2.45, 2.75) is 18.8 Å². The Kier molecular flexibility index (Phi) is 5.79. The van der Waals surface area contributed by atoms with Gasteiger partial charge in [0.2, 0.25) is 0 Å². The molecule has 2 aliphatic rings. The van der Waals surface area contributed by atoms with Gasteiger partial charge < -0.3 is 24.5 Å². The Morgan fingerprint density at radius 1 is 1.14 bits per heavy atom. The van der Waals surface area contributed by atoms with E-state index in [2.05, 4.69) is 31.5 Å². The van der Waals surface area contributed by atoms with E-state index in [4.69, 9.17) is 9.15 Å². The second-order valence-corrected chi connectivity index (χ2v) is 9.08. The number of H-pyrrole nitrogens is 1. The number of phenols is 1. The predicted octanol–water partition coefficient (Wildman–Crippen LogP) is 3.90. The monoisotopic (exact) mass is 488 g/mol. The Balaban J connectivity index is 1.59. The largest absolute Gasteiger partial charge is 0.508 e. The van der Waals surface area contributed by atoms with Crippen molar-refractivity contribution in [3.8, 4) is 34.4 Å². The first-order valence-electron chi connectivity index (χ1n) is 12.1. The van der Waals surface area contributed by atoms with E-state index in [1.54, 1.807) is 0 Å². The molecule has 0 bridgehead atoms. The number of rotatable bonds is 4. The Morgan fingerprint density at radius 3 is 2.69 bits per heavy atom. The molecular weight excluding hydrogens is 463 g/mol. The molecule has 0 aliphatic carbocycles. The lowest BCUT2D eigenvalue weighted by atomic mass is 9.89. The van der Waals surface area contributed by atoms with E-state index >= 15 is 0 Å². The highest BCUT2D eigenvalue weighted by atomic mass is 19.1. The van der Waals surface area contributed by atoms with Crippen LogP contribution < -0.4 is 10.2 Å². The molecule has 0 saturated carbocycles. The fraction of sp³-hybridized carbons (Fsp3) is 0.346. The molecule has 10 heteroatoms.